The first kappa shape index (κ1) is 16.7. The van der Waals surface area contributed by atoms with Gasteiger partial charge in [-0.25, -0.2) is 14.6 Å². The second-order valence-electron chi connectivity index (χ2n) is 5.01. The summed E-state index contributed by atoms with van der Waals surface area (Å²) in [5.74, 6) is -0.319. The van der Waals surface area contributed by atoms with Gasteiger partial charge in [0.2, 0.25) is 0 Å². The smallest absolute Gasteiger partial charge is 0.318 e. The Morgan fingerprint density at radius 2 is 2.08 bits per heavy atom. The van der Waals surface area contributed by atoms with Crippen LogP contribution in [0.2, 0.25) is 5.02 Å². The number of benzene rings is 1. The van der Waals surface area contributed by atoms with Crippen LogP contribution in [-0.4, -0.2) is 43.3 Å². The van der Waals surface area contributed by atoms with Crippen LogP contribution in [0.5, 0.6) is 0 Å². The lowest BCUT2D eigenvalue weighted by atomic mass is 10.2. The molecule has 7 nitrogen and oxygen atoms in total. The van der Waals surface area contributed by atoms with Crippen molar-refractivity contribution >= 4 is 40.5 Å². The SMILES string of the molecule is COC(=O)[C@@H](C)Sc1ncnc2c1nnn2Cc1ccc(Cl)cc1. The summed E-state index contributed by atoms with van der Waals surface area (Å²) < 4.78 is 6.42. The fraction of sp³-hybridized carbons (Fsp3) is 0.267. The molecule has 9 heteroatoms. The zero-order valence-corrected chi connectivity index (χ0v) is 14.6. The number of thioether (sulfide) groups is 1. The van der Waals surface area contributed by atoms with Gasteiger partial charge in [0, 0.05) is 5.02 Å². The van der Waals surface area contributed by atoms with Gasteiger partial charge in [0.05, 0.1) is 13.7 Å². The van der Waals surface area contributed by atoms with E-state index < -0.39 is 5.25 Å². The van der Waals surface area contributed by atoms with E-state index in [1.165, 1.54) is 25.2 Å². The number of carbonyl (C=O) groups excluding carboxylic acids is 1. The first-order valence-electron chi connectivity index (χ1n) is 7.11. The van der Waals surface area contributed by atoms with E-state index in [9.17, 15) is 4.79 Å². The van der Waals surface area contributed by atoms with Crippen molar-refractivity contribution in [2.24, 2.45) is 0 Å². The van der Waals surface area contributed by atoms with Crippen LogP contribution >= 0.6 is 23.4 Å². The lowest BCUT2D eigenvalue weighted by Gasteiger charge is -2.07. The number of ether oxygens (including phenoxy) is 1. The van der Waals surface area contributed by atoms with E-state index >= 15 is 0 Å². The van der Waals surface area contributed by atoms with Gasteiger partial charge in [0.1, 0.15) is 16.6 Å². The molecule has 0 radical (unpaired) electrons. The van der Waals surface area contributed by atoms with Gasteiger partial charge in [0.15, 0.2) is 11.2 Å². The Balaban J connectivity index is 1.88. The molecule has 0 fully saturated rings. The number of rotatable bonds is 5. The van der Waals surface area contributed by atoms with Crippen LogP contribution in [0.25, 0.3) is 11.2 Å². The summed E-state index contributed by atoms with van der Waals surface area (Å²) in [5, 5.41) is 9.19. The number of methoxy groups -OCH3 is 1. The minimum atomic E-state index is -0.394. The van der Waals surface area contributed by atoms with Gasteiger partial charge in [-0.05, 0) is 24.6 Å². The molecule has 1 atom stereocenters. The average Bonchev–Trinajstić information content (AvgIpc) is 3.00. The monoisotopic (exact) mass is 363 g/mol. The molecule has 0 unspecified atom stereocenters. The number of hydrogen-bond donors (Lipinski definition) is 0. The summed E-state index contributed by atoms with van der Waals surface area (Å²) in [6, 6.07) is 7.49. The molecule has 124 valence electrons. The predicted molar refractivity (Wildman–Crippen MR) is 91.0 cm³/mol. The summed E-state index contributed by atoms with van der Waals surface area (Å²) in [4.78, 5) is 20.1. The van der Waals surface area contributed by atoms with Crippen LogP contribution in [0.15, 0.2) is 35.6 Å². The van der Waals surface area contributed by atoms with Crippen molar-refractivity contribution in [2.75, 3.05) is 7.11 Å². The average molecular weight is 364 g/mol. The second kappa shape index (κ2) is 7.14. The van der Waals surface area contributed by atoms with Gasteiger partial charge in [-0.15, -0.1) is 5.10 Å². The summed E-state index contributed by atoms with van der Waals surface area (Å²) in [7, 11) is 1.36. The summed E-state index contributed by atoms with van der Waals surface area (Å²) in [6.45, 7) is 2.27. The molecule has 0 amide bonds. The van der Waals surface area contributed by atoms with Gasteiger partial charge in [-0.1, -0.05) is 40.7 Å². The molecule has 0 spiro atoms. The first-order chi connectivity index (χ1) is 11.6. The molecule has 0 N–H and O–H groups in total. The van der Waals surface area contributed by atoms with Crippen molar-refractivity contribution in [3.8, 4) is 0 Å². The normalized spacial score (nSPS) is 12.3. The van der Waals surface area contributed by atoms with Crippen LogP contribution in [0.3, 0.4) is 0 Å². The Hall–Kier alpha value is -2.19. The molecule has 2 aromatic heterocycles. The number of fused-ring (bicyclic) bond motifs is 1. The van der Waals surface area contributed by atoms with Crippen molar-refractivity contribution in [2.45, 2.75) is 23.7 Å². The highest BCUT2D eigenvalue weighted by Crippen LogP contribution is 2.27. The van der Waals surface area contributed by atoms with Gasteiger partial charge in [-0.2, -0.15) is 0 Å². The number of halogens is 1. The first-order valence-corrected chi connectivity index (χ1v) is 8.37. The van der Waals surface area contributed by atoms with Gasteiger partial charge in [-0.3, -0.25) is 4.79 Å². The maximum Gasteiger partial charge on any atom is 0.318 e. The number of hydrogen-bond acceptors (Lipinski definition) is 7. The zero-order chi connectivity index (χ0) is 17.1. The molecule has 2 heterocycles. The number of nitrogens with zero attached hydrogens (tertiary/aromatic N) is 5. The van der Waals surface area contributed by atoms with Crippen molar-refractivity contribution in [1.82, 2.24) is 25.0 Å². The van der Waals surface area contributed by atoms with Gasteiger partial charge >= 0.3 is 5.97 Å². The molecular formula is C15H14ClN5O2S. The minimum absolute atomic E-state index is 0.319. The highest BCUT2D eigenvalue weighted by Gasteiger charge is 2.19. The quantitative estimate of drug-likeness (QED) is 0.391. The molecule has 3 rings (SSSR count). The number of esters is 1. The number of carbonyl (C=O) groups is 1. The third-order valence-corrected chi connectivity index (χ3v) is 4.65. The van der Waals surface area contributed by atoms with E-state index in [0.29, 0.717) is 27.8 Å². The van der Waals surface area contributed by atoms with E-state index in [-0.39, 0.29) is 5.97 Å². The number of aromatic nitrogens is 5. The third kappa shape index (κ3) is 3.49. The zero-order valence-electron chi connectivity index (χ0n) is 13.0. The highest BCUT2D eigenvalue weighted by atomic mass is 35.5. The molecule has 0 saturated heterocycles. The lowest BCUT2D eigenvalue weighted by Crippen LogP contribution is -2.14. The van der Waals surface area contributed by atoms with E-state index in [1.807, 2.05) is 24.3 Å². The largest absolute Gasteiger partial charge is 0.468 e. The van der Waals surface area contributed by atoms with Crippen LogP contribution < -0.4 is 0 Å². The van der Waals surface area contributed by atoms with Crippen molar-refractivity contribution in [3.63, 3.8) is 0 Å². The molecule has 0 aliphatic carbocycles. The van der Waals surface area contributed by atoms with E-state index in [4.69, 9.17) is 16.3 Å². The third-order valence-electron chi connectivity index (χ3n) is 3.33. The maximum atomic E-state index is 11.6. The second-order valence-corrected chi connectivity index (χ2v) is 6.77. The van der Waals surface area contributed by atoms with E-state index in [1.54, 1.807) is 11.6 Å². The summed E-state index contributed by atoms with van der Waals surface area (Å²) in [6.07, 6.45) is 1.44. The Morgan fingerprint density at radius 1 is 1.33 bits per heavy atom. The molecule has 0 aliphatic heterocycles. The van der Waals surface area contributed by atoms with Crippen LogP contribution in [0.4, 0.5) is 0 Å². The topological polar surface area (TPSA) is 82.8 Å². The van der Waals surface area contributed by atoms with Crippen LogP contribution in [0.1, 0.15) is 12.5 Å². The minimum Gasteiger partial charge on any atom is -0.468 e. The van der Waals surface area contributed by atoms with E-state index in [0.717, 1.165) is 5.56 Å². The van der Waals surface area contributed by atoms with Crippen LogP contribution in [0, 0.1) is 0 Å². The fourth-order valence-electron chi connectivity index (χ4n) is 2.11. The standard InChI is InChI=1S/C15H14ClN5O2S/c1-9(15(22)23-2)24-14-12-13(17-8-18-14)21(20-19-12)7-10-3-5-11(16)6-4-10/h3-6,8-9H,7H2,1-2H3/t9-/m1/s1. The van der Waals surface area contributed by atoms with E-state index in [2.05, 4.69) is 20.3 Å². The van der Waals surface area contributed by atoms with Gasteiger partial charge < -0.3 is 4.74 Å². The molecule has 24 heavy (non-hydrogen) atoms. The molecular weight excluding hydrogens is 350 g/mol. The predicted octanol–water partition coefficient (Wildman–Crippen LogP) is 2.58. The summed E-state index contributed by atoms with van der Waals surface area (Å²) >= 11 is 7.17. The molecule has 0 aliphatic rings. The molecule has 0 bridgehead atoms. The Labute approximate surface area is 147 Å². The maximum absolute atomic E-state index is 11.6. The summed E-state index contributed by atoms with van der Waals surface area (Å²) in [5.41, 5.74) is 2.20. The molecule has 0 saturated carbocycles. The highest BCUT2D eigenvalue weighted by molar-refractivity contribution is 8.00. The molecule has 3 aromatic rings. The Bertz CT molecular complexity index is 868. The Morgan fingerprint density at radius 3 is 2.79 bits per heavy atom. The van der Waals surface area contributed by atoms with Crippen molar-refractivity contribution in [3.05, 3.63) is 41.2 Å². The van der Waals surface area contributed by atoms with Crippen LogP contribution in [-0.2, 0) is 16.1 Å². The van der Waals surface area contributed by atoms with Crippen molar-refractivity contribution in [1.29, 1.82) is 0 Å². The fourth-order valence-corrected chi connectivity index (χ4v) is 3.11. The van der Waals surface area contributed by atoms with Crippen molar-refractivity contribution < 1.29 is 9.53 Å². The lowest BCUT2D eigenvalue weighted by molar-refractivity contribution is -0.139. The Kier molecular flexibility index (Phi) is 4.96. The van der Waals surface area contributed by atoms with Gasteiger partial charge in [0.25, 0.3) is 0 Å². The molecule has 1 aromatic carbocycles.